The number of amides is 2. The van der Waals surface area contributed by atoms with Gasteiger partial charge in [-0.2, -0.15) is 0 Å². The number of nitrogens with one attached hydrogen (secondary N) is 1. The molecule has 2 amide bonds. The summed E-state index contributed by atoms with van der Waals surface area (Å²) in [6, 6.07) is -0.125. The standard InChI is InChI=1S/C11H20N2O3/c1-2-3-9-5-7-13(8-9)11(16)12-6-4-10(14)15/h9H,2-8H2,1H3,(H,12,16)(H,14,15). The summed E-state index contributed by atoms with van der Waals surface area (Å²) >= 11 is 0. The van der Waals surface area contributed by atoms with E-state index >= 15 is 0 Å². The first-order valence-corrected chi connectivity index (χ1v) is 5.88. The van der Waals surface area contributed by atoms with Gasteiger partial charge in [0.15, 0.2) is 0 Å². The molecule has 1 aliphatic heterocycles. The summed E-state index contributed by atoms with van der Waals surface area (Å²) in [5.41, 5.74) is 0. The highest BCUT2D eigenvalue weighted by Crippen LogP contribution is 2.20. The van der Waals surface area contributed by atoms with Crippen molar-refractivity contribution in [3.63, 3.8) is 0 Å². The van der Waals surface area contributed by atoms with Crippen molar-refractivity contribution in [2.75, 3.05) is 19.6 Å². The lowest BCUT2D eigenvalue weighted by molar-refractivity contribution is -0.136. The molecule has 0 aromatic rings. The van der Waals surface area contributed by atoms with Crippen LogP contribution in [0.15, 0.2) is 0 Å². The number of carbonyl (C=O) groups is 2. The van der Waals surface area contributed by atoms with Crippen LogP contribution in [-0.4, -0.2) is 41.6 Å². The van der Waals surface area contributed by atoms with Crippen LogP contribution in [0.4, 0.5) is 4.79 Å². The third-order valence-electron chi connectivity index (χ3n) is 2.89. The molecular weight excluding hydrogens is 208 g/mol. The summed E-state index contributed by atoms with van der Waals surface area (Å²) in [6.45, 7) is 3.97. The van der Waals surface area contributed by atoms with Gasteiger partial charge in [-0.05, 0) is 18.8 Å². The summed E-state index contributed by atoms with van der Waals surface area (Å²) in [7, 11) is 0. The van der Waals surface area contributed by atoms with E-state index in [1.165, 1.54) is 6.42 Å². The average Bonchev–Trinajstić information content (AvgIpc) is 2.66. The minimum Gasteiger partial charge on any atom is -0.481 e. The molecule has 1 fully saturated rings. The maximum atomic E-state index is 11.6. The Bertz CT molecular complexity index is 256. The number of carboxylic acid groups (broad SMARTS) is 1. The predicted octanol–water partition coefficient (Wildman–Crippen LogP) is 1.29. The quantitative estimate of drug-likeness (QED) is 0.745. The van der Waals surface area contributed by atoms with E-state index in [2.05, 4.69) is 12.2 Å². The van der Waals surface area contributed by atoms with Gasteiger partial charge in [-0.25, -0.2) is 4.79 Å². The topological polar surface area (TPSA) is 69.6 Å². The van der Waals surface area contributed by atoms with Crippen LogP contribution >= 0.6 is 0 Å². The van der Waals surface area contributed by atoms with E-state index < -0.39 is 5.97 Å². The van der Waals surface area contributed by atoms with Crippen molar-refractivity contribution in [1.82, 2.24) is 10.2 Å². The van der Waals surface area contributed by atoms with E-state index in [0.29, 0.717) is 5.92 Å². The Balaban J connectivity index is 2.20. The van der Waals surface area contributed by atoms with Crippen molar-refractivity contribution < 1.29 is 14.7 Å². The minimum atomic E-state index is -0.884. The van der Waals surface area contributed by atoms with Gasteiger partial charge >= 0.3 is 12.0 Å². The van der Waals surface area contributed by atoms with Gasteiger partial charge in [-0.15, -0.1) is 0 Å². The van der Waals surface area contributed by atoms with E-state index in [1.807, 2.05) is 0 Å². The van der Waals surface area contributed by atoms with E-state index in [-0.39, 0.29) is 19.0 Å². The van der Waals surface area contributed by atoms with Gasteiger partial charge in [-0.1, -0.05) is 13.3 Å². The van der Waals surface area contributed by atoms with Crippen LogP contribution in [-0.2, 0) is 4.79 Å². The van der Waals surface area contributed by atoms with Crippen molar-refractivity contribution in [1.29, 1.82) is 0 Å². The number of nitrogens with zero attached hydrogens (tertiary/aromatic N) is 1. The van der Waals surface area contributed by atoms with Crippen molar-refractivity contribution in [2.24, 2.45) is 5.92 Å². The zero-order valence-electron chi connectivity index (χ0n) is 9.74. The Morgan fingerprint density at radius 1 is 1.50 bits per heavy atom. The van der Waals surface area contributed by atoms with E-state index in [4.69, 9.17) is 5.11 Å². The van der Waals surface area contributed by atoms with Crippen molar-refractivity contribution in [3.8, 4) is 0 Å². The summed E-state index contributed by atoms with van der Waals surface area (Å²) < 4.78 is 0. The van der Waals surface area contributed by atoms with E-state index in [9.17, 15) is 9.59 Å². The predicted molar refractivity (Wildman–Crippen MR) is 60.2 cm³/mol. The zero-order valence-corrected chi connectivity index (χ0v) is 9.74. The van der Waals surface area contributed by atoms with Gasteiger partial charge in [0.25, 0.3) is 0 Å². The first-order chi connectivity index (χ1) is 7.63. The fourth-order valence-corrected chi connectivity index (χ4v) is 2.05. The SMILES string of the molecule is CCCC1CCN(C(=O)NCCC(=O)O)C1. The largest absolute Gasteiger partial charge is 0.481 e. The second kappa shape index (κ2) is 6.35. The summed E-state index contributed by atoms with van der Waals surface area (Å²) in [5.74, 6) is -0.263. The van der Waals surface area contributed by atoms with Gasteiger partial charge in [-0.3, -0.25) is 4.79 Å². The highest BCUT2D eigenvalue weighted by atomic mass is 16.4. The Morgan fingerprint density at radius 3 is 2.88 bits per heavy atom. The molecule has 0 aliphatic carbocycles. The Hall–Kier alpha value is -1.26. The number of likely N-dealkylation sites (tertiary alicyclic amines) is 1. The molecule has 1 aliphatic rings. The maximum absolute atomic E-state index is 11.6. The van der Waals surface area contributed by atoms with Crippen LogP contribution in [0.25, 0.3) is 0 Å². The molecule has 5 nitrogen and oxygen atoms in total. The minimum absolute atomic E-state index is 0.0159. The third kappa shape index (κ3) is 4.08. The fourth-order valence-electron chi connectivity index (χ4n) is 2.05. The van der Waals surface area contributed by atoms with Gasteiger partial charge in [0.05, 0.1) is 6.42 Å². The molecule has 0 spiro atoms. The molecule has 1 atom stereocenters. The molecule has 0 saturated carbocycles. The van der Waals surface area contributed by atoms with Crippen molar-refractivity contribution in [3.05, 3.63) is 0 Å². The number of carboxylic acids is 1. The second-order valence-corrected chi connectivity index (χ2v) is 4.27. The third-order valence-corrected chi connectivity index (χ3v) is 2.89. The smallest absolute Gasteiger partial charge is 0.317 e. The lowest BCUT2D eigenvalue weighted by Crippen LogP contribution is -2.39. The molecule has 5 heteroatoms. The van der Waals surface area contributed by atoms with Gasteiger partial charge < -0.3 is 15.3 Å². The molecule has 0 aromatic heterocycles. The van der Waals surface area contributed by atoms with Crippen molar-refractivity contribution in [2.45, 2.75) is 32.6 Å². The Labute approximate surface area is 95.8 Å². The molecule has 1 heterocycles. The average molecular weight is 228 g/mol. The lowest BCUT2D eigenvalue weighted by atomic mass is 10.0. The Morgan fingerprint density at radius 2 is 2.25 bits per heavy atom. The second-order valence-electron chi connectivity index (χ2n) is 4.27. The van der Waals surface area contributed by atoms with Crippen LogP contribution in [0, 0.1) is 5.92 Å². The molecule has 1 rings (SSSR count). The lowest BCUT2D eigenvalue weighted by Gasteiger charge is -2.16. The van der Waals surface area contributed by atoms with Crippen LogP contribution in [0.5, 0.6) is 0 Å². The Kier molecular flexibility index (Phi) is 5.08. The molecule has 0 radical (unpaired) electrons. The number of rotatable bonds is 5. The maximum Gasteiger partial charge on any atom is 0.317 e. The molecule has 16 heavy (non-hydrogen) atoms. The summed E-state index contributed by atoms with van der Waals surface area (Å²) in [6.07, 6.45) is 3.37. The van der Waals surface area contributed by atoms with Crippen LogP contribution in [0.1, 0.15) is 32.6 Å². The normalized spacial score (nSPS) is 19.8. The molecule has 1 unspecified atom stereocenters. The number of carbonyl (C=O) groups excluding carboxylic acids is 1. The first-order valence-electron chi connectivity index (χ1n) is 5.88. The number of hydrogen-bond donors (Lipinski definition) is 2. The summed E-state index contributed by atoms with van der Waals surface area (Å²) in [4.78, 5) is 23.7. The van der Waals surface area contributed by atoms with Crippen molar-refractivity contribution >= 4 is 12.0 Å². The first kappa shape index (κ1) is 12.8. The monoisotopic (exact) mass is 228 g/mol. The molecule has 1 saturated heterocycles. The highest BCUT2D eigenvalue weighted by Gasteiger charge is 2.25. The molecule has 0 aromatic carbocycles. The number of aliphatic carboxylic acids is 1. The van der Waals surface area contributed by atoms with Gasteiger partial charge in [0.2, 0.25) is 0 Å². The molecular formula is C11H20N2O3. The van der Waals surface area contributed by atoms with E-state index in [1.54, 1.807) is 4.90 Å². The van der Waals surface area contributed by atoms with E-state index in [0.717, 1.165) is 25.9 Å². The molecule has 2 N–H and O–H groups in total. The molecule has 92 valence electrons. The van der Waals surface area contributed by atoms with Gasteiger partial charge in [0, 0.05) is 19.6 Å². The highest BCUT2D eigenvalue weighted by molar-refractivity contribution is 5.75. The number of hydrogen-bond acceptors (Lipinski definition) is 2. The van der Waals surface area contributed by atoms with Gasteiger partial charge in [0.1, 0.15) is 0 Å². The van der Waals surface area contributed by atoms with Crippen LogP contribution < -0.4 is 5.32 Å². The number of urea groups is 1. The van der Waals surface area contributed by atoms with Crippen LogP contribution in [0.3, 0.4) is 0 Å². The zero-order chi connectivity index (χ0) is 12.0. The molecule has 0 bridgehead atoms. The fraction of sp³-hybridized carbons (Fsp3) is 0.818. The van der Waals surface area contributed by atoms with Crippen LogP contribution in [0.2, 0.25) is 0 Å². The summed E-state index contributed by atoms with van der Waals surface area (Å²) in [5, 5.41) is 11.1.